The smallest absolute Gasteiger partial charge is 0.133 e. The first-order valence-corrected chi connectivity index (χ1v) is 7.45. The molecule has 0 amide bonds. The number of ether oxygens (including phenoxy) is 1. The summed E-state index contributed by atoms with van der Waals surface area (Å²) in [6.45, 7) is 10.6. The van der Waals surface area contributed by atoms with Crippen LogP contribution >= 0.6 is 15.9 Å². The second-order valence-electron chi connectivity index (χ2n) is 5.13. The molecular formula is C15H24BrNO. The maximum absolute atomic E-state index is 6.02. The summed E-state index contributed by atoms with van der Waals surface area (Å²) in [4.78, 5) is 0. The lowest BCUT2D eigenvalue weighted by molar-refractivity contribution is 0.191. The van der Waals surface area contributed by atoms with Crippen molar-refractivity contribution >= 4 is 15.9 Å². The highest BCUT2D eigenvalue weighted by Gasteiger charge is 2.10. The molecule has 1 atom stereocenters. The standard InChI is InChI=1S/C15H24BrNO/c1-5-13(10-17-9-11(2)3)18-15-7-6-12(4)8-14(15)16/h6-8,11,13,17H,5,9-10H2,1-4H3. The molecule has 1 aromatic rings. The molecular weight excluding hydrogens is 290 g/mol. The summed E-state index contributed by atoms with van der Waals surface area (Å²) in [6.07, 6.45) is 1.23. The lowest BCUT2D eigenvalue weighted by Gasteiger charge is -2.20. The quantitative estimate of drug-likeness (QED) is 0.816. The molecule has 0 aromatic heterocycles. The molecule has 1 N–H and O–H groups in total. The summed E-state index contributed by atoms with van der Waals surface area (Å²) in [5, 5.41) is 3.45. The Bertz CT molecular complexity index is 366. The molecule has 0 bridgehead atoms. The van der Waals surface area contributed by atoms with E-state index in [-0.39, 0.29) is 6.10 Å². The molecule has 1 rings (SSSR count). The van der Waals surface area contributed by atoms with E-state index in [0.717, 1.165) is 29.7 Å². The number of rotatable bonds is 7. The molecule has 0 fully saturated rings. The first-order chi connectivity index (χ1) is 8.52. The SMILES string of the molecule is CCC(CNCC(C)C)Oc1ccc(C)cc1Br. The normalized spacial score (nSPS) is 12.8. The summed E-state index contributed by atoms with van der Waals surface area (Å²) in [7, 11) is 0. The zero-order valence-corrected chi connectivity index (χ0v) is 13.4. The van der Waals surface area contributed by atoms with Crippen LogP contribution in [-0.4, -0.2) is 19.2 Å². The molecule has 0 saturated carbocycles. The fourth-order valence-corrected chi connectivity index (χ4v) is 2.27. The minimum atomic E-state index is 0.225. The fraction of sp³-hybridized carbons (Fsp3) is 0.600. The molecule has 0 saturated heterocycles. The second-order valence-corrected chi connectivity index (χ2v) is 5.99. The van der Waals surface area contributed by atoms with Crippen molar-refractivity contribution < 1.29 is 4.74 Å². The van der Waals surface area contributed by atoms with E-state index in [1.54, 1.807) is 0 Å². The van der Waals surface area contributed by atoms with Crippen LogP contribution < -0.4 is 10.1 Å². The molecule has 0 aliphatic carbocycles. The molecule has 18 heavy (non-hydrogen) atoms. The van der Waals surface area contributed by atoms with Gasteiger partial charge in [0.1, 0.15) is 11.9 Å². The largest absolute Gasteiger partial charge is 0.488 e. The molecule has 0 spiro atoms. The Labute approximate surface area is 119 Å². The molecule has 0 aliphatic rings. The summed E-state index contributed by atoms with van der Waals surface area (Å²) >= 11 is 3.55. The Morgan fingerprint density at radius 3 is 2.56 bits per heavy atom. The zero-order chi connectivity index (χ0) is 13.5. The van der Waals surface area contributed by atoms with Crippen molar-refractivity contribution in [1.82, 2.24) is 5.32 Å². The minimum Gasteiger partial charge on any atom is -0.488 e. The van der Waals surface area contributed by atoms with Crippen LogP contribution in [0.5, 0.6) is 5.75 Å². The highest BCUT2D eigenvalue weighted by Crippen LogP contribution is 2.26. The van der Waals surface area contributed by atoms with E-state index in [4.69, 9.17) is 4.74 Å². The van der Waals surface area contributed by atoms with Gasteiger partial charge in [-0.1, -0.05) is 26.8 Å². The maximum atomic E-state index is 6.02. The number of aryl methyl sites for hydroxylation is 1. The highest BCUT2D eigenvalue weighted by atomic mass is 79.9. The number of hydrogen-bond acceptors (Lipinski definition) is 2. The van der Waals surface area contributed by atoms with Crippen LogP contribution in [0.1, 0.15) is 32.8 Å². The summed E-state index contributed by atoms with van der Waals surface area (Å²) in [6, 6.07) is 6.20. The highest BCUT2D eigenvalue weighted by molar-refractivity contribution is 9.10. The van der Waals surface area contributed by atoms with Gasteiger partial charge in [0.15, 0.2) is 0 Å². The lowest BCUT2D eigenvalue weighted by Crippen LogP contribution is -2.33. The van der Waals surface area contributed by atoms with Gasteiger partial charge in [-0.25, -0.2) is 0 Å². The third kappa shape index (κ3) is 5.40. The average molecular weight is 314 g/mol. The molecule has 0 radical (unpaired) electrons. The van der Waals surface area contributed by atoms with E-state index in [9.17, 15) is 0 Å². The van der Waals surface area contributed by atoms with E-state index in [2.05, 4.69) is 61.1 Å². The van der Waals surface area contributed by atoms with Crippen LogP contribution in [0.3, 0.4) is 0 Å². The van der Waals surface area contributed by atoms with E-state index < -0.39 is 0 Å². The van der Waals surface area contributed by atoms with Crippen molar-refractivity contribution in [3.8, 4) is 5.75 Å². The lowest BCUT2D eigenvalue weighted by atomic mass is 10.2. The predicted octanol–water partition coefficient (Wildman–Crippen LogP) is 4.16. The van der Waals surface area contributed by atoms with Crippen molar-refractivity contribution in [2.24, 2.45) is 5.92 Å². The third-order valence-electron chi connectivity index (χ3n) is 2.76. The van der Waals surface area contributed by atoms with Gasteiger partial charge in [-0.3, -0.25) is 0 Å². The van der Waals surface area contributed by atoms with Crippen molar-refractivity contribution in [3.63, 3.8) is 0 Å². The average Bonchev–Trinajstić information content (AvgIpc) is 2.30. The van der Waals surface area contributed by atoms with Crippen molar-refractivity contribution in [3.05, 3.63) is 28.2 Å². The topological polar surface area (TPSA) is 21.3 Å². The number of hydrogen-bond donors (Lipinski definition) is 1. The molecule has 2 nitrogen and oxygen atoms in total. The second kappa shape index (κ2) is 7.80. The van der Waals surface area contributed by atoms with Crippen LogP contribution in [-0.2, 0) is 0 Å². The monoisotopic (exact) mass is 313 g/mol. The summed E-state index contributed by atoms with van der Waals surface area (Å²) in [5.41, 5.74) is 1.24. The summed E-state index contributed by atoms with van der Waals surface area (Å²) < 4.78 is 7.05. The van der Waals surface area contributed by atoms with Crippen LogP contribution in [0.15, 0.2) is 22.7 Å². The maximum Gasteiger partial charge on any atom is 0.133 e. The summed E-state index contributed by atoms with van der Waals surface area (Å²) in [5.74, 6) is 1.60. The molecule has 0 heterocycles. The van der Waals surface area contributed by atoms with E-state index in [1.807, 2.05) is 6.07 Å². The van der Waals surface area contributed by atoms with Crippen molar-refractivity contribution in [2.75, 3.05) is 13.1 Å². The Balaban J connectivity index is 2.51. The van der Waals surface area contributed by atoms with Crippen LogP contribution in [0, 0.1) is 12.8 Å². The molecule has 1 unspecified atom stereocenters. The Morgan fingerprint density at radius 2 is 2.00 bits per heavy atom. The number of halogens is 1. The van der Waals surface area contributed by atoms with E-state index in [1.165, 1.54) is 5.56 Å². The Morgan fingerprint density at radius 1 is 1.28 bits per heavy atom. The zero-order valence-electron chi connectivity index (χ0n) is 11.8. The Kier molecular flexibility index (Phi) is 6.72. The molecule has 102 valence electrons. The van der Waals surface area contributed by atoms with Crippen LogP contribution in [0.25, 0.3) is 0 Å². The number of benzene rings is 1. The van der Waals surface area contributed by atoms with Gasteiger partial charge in [-0.05, 0) is 59.4 Å². The van der Waals surface area contributed by atoms with Crippen molar-refractivity contribution in [2.45, 2.75) is 40.2 Å². The van der Waals surface area contributed by atoms with Gasteiger partial charge >= 0.3 is 0 Å². The van der Waals surface area contributed by atoms with Gasteiger partial charge in [0.25, 0.3) is 0 Å². The predicted molar refractivity (Wildman–Crippen MR) is 81.3 cm³/mol. The number of nitrogens with one attached hydrogen (secondary N) is 1. The third-order valence-corrected chi connectivity index (χ3v) is 3.38. The van der Waals surface area contributed by atoms with Crippen molar-refractivity contribution in [1.29, 1.82) is 0 Å². The molecule has 3 heteroatoms. The van der Waals surface area contributed by atoms with Gasteiger partial charge in [0, 0.05) is 6.54 Å². The first-order valence-electron chi connectivity index (χ1n) is 6.66. The fourth-order valence-electron chi connectivity index (χ4n) is 1.68. The van der Waals surface area contributed by atoms with Crippen LogP contribution in [0.2, 0.25) is 0 Å². The molecule has 0 aliphatic heterocycles. The van der Waals surface area contributed by atoms with Gasteiger partial charge in [0.05, 0.1) is 4.47 Å². The minimum absolute atomic E-state index is 0.225. The van der Waals surface area contributed by atoms with Gasteiger partial charge < -0.3 is 10.1 Å². The van der Waals surface area contributed by atoms with Gasteiger partial charge in [-0.2, -0.15) is 0 Å². The van der Waals surface area contributed by atoms with E-state index in [0.29, 0.717) is 5.92 Å². The van der Waals surface area contributed by atoms with Gasteiger partial charge in [-0.15, -0.1) is 0 Å². The van der Waals surface area contributed by atoms with E-state index >= 15 is 0 Å². The van der Waals surface area contributed by atoms with Gasteiger partial charge in [0.2, 0.25) is 0 Å². The first kappa shape index (κ1) is 15.5. The Hall–Kier alpha value is -0.540. The molecule has 1 aromatic carbocycles. The van der Waals surface area contributed by atoms with Crippen LogP contribution in [0.4, 0.5) is 0 Å².